The minimum absolute atomic E-state index is 0.00584. The SMILES string of the molecule is CCn1c(SCC(=O)NCC(=O)N(C)C)nnc1N1CCOCC1. The third-order valence-corrected chi connectivity index (χ3v) is 4.54. The third-order valence-electron chi connectivity index (χ3n) is 3.58. The van der Waals surface area contributed by atoms with Crippen molar-refractivity contribution in [1.29, 1.82) is 0 Å². The van der Waals surface area contributed by atoms with E-state index in [1.54, 1.807) is 14.1 Å². The summed E-state index contributed by atoms with van der Waals surface area (Å²) in [6.45, 7) is 5.69. The van der Waals surface area contributed by atoms with Crippen LogP contribution in [0.15, 0.2) is 5.16 Å². The van der Waals surface area contributed by atoms with E-state index in [4.69, 9.17) is 4.74 Å². The van der Waals surface area contributed by atoms with Crippen LogP contribution in [0.2, 0.25) is 0 Å². The predicted octanol–water partition coefficient (Wildman–Crippen LogP) is -0.569. The van der Waals surface area contributed by atoms with E-state index in [-0.39, 0.29) is 24.1 Å². The summed E-state index contributed by atoms with van der Waals surface area (Å²) in [6.07, 6.45) is 0. The number of amides is 2. The highest BCUT2D eigenvalue weighted by Gasteiger charge is 2.20. The van der Waals surface area contributed by atoms with Crippen molar-refractivity contribution in [3.05, 3.63) is 0 Å². The lowest BCUT2D eigenvalue weighted by Gasteiger charge is -2.27. The van der Waals surface area contributed by atoms with Crippen LogP contribution in [0.3, 0.4) is 0 Å². The molecule has 0 aliphatic carbocycles. The standard InChI is InChI=1S/C14H24N6O3S/c1-4-20-13(19-5-7-23-8-6-19)16-17-14(20)24-10-11(21)15-9-12(22)18(2)3/h4-10H2,1-3H3,(H,15,21). The summed E-state index contributed by atoms with van der Waals surface area (Å²) in [5.41, 5.74) is 0. The van der Waals surface area contributed by atoms with Crippen LogP contribution in [0.4, 0.5) is 5.95 Å². The minimum atomic E-state index is -0.200. The average Bonchev–Trinajstić information content (AvgIpc) is 3.01. The van der Waals surface area contributed by atoms with Crippen LogP contribution in [0.1, 0.15) is 6.92 Å². The largest absolute Gasteiger partial charge is 0.378 e. The summed E-state index contributed by atoms with van der Waals surface area (Å²) >= 11 is 1.32. The third kappa shape index (κ3) is 4.84. The van der Waals surface area contributed by atoms with Gasteiger partial charge in [0.25, 0.3) is 0 Å². The first-order valence-corrected chi connectivity index (χ1v) is 8.87. The summed E-state index contributed by atoms with van der Waals surface area (Å²) in [5.74, 6) is 0.669. The molecule has 0 aromatic carbocycles. The molecule has 1 aliphatic rings. The second-order valence-electron chi connectivity index (χ2n) is 5.48. The molecular formula is C14H24N6O3S. The molecule has 0 bridgehead atoms. The highest BCUT2D eigenvalue weighted by molar-refractivity contribution is 7.99. The number of nitrogens with zero attached hydrogens (tertiary/aromatic N) is 5. The van der Waals surface area contributed by atoms with Crippen LogP contribution in [-0.2, 0) is 20.9 Å². The van der Waals surface area contributed by atoms with Crippen molar-refractivity contribution in [3.63, 3.8) is 0 Å². The normalized spacial score (nSPS) is 14.5. The zero-order valence-electron chi connectivity index (χ0n) is 14.3. The molecule has 0 radical (unpaired) electrons. The molecule has 1 saturated heterocycles. The number of rotatable bonds is 7. The van der Waals surface area contributed by atoms with Crippen LogP contribution < -0.4 is 10.2 Å². The zero-order chi connectivity index (χ0) is 17.5. The Morgan fingerprint density at radius 3 is 2.62 bits per heavy atom. The van der Waals surface area contributed by atoms with E-state index < -0.39 is 0 Å². The van der Waals surface area contributed by atoms with Gasteiger partial charge < -0.3 is 19.9 Å². The lowest BCUT2D eigenvalue weighted by Crippen LogP contribution is -2.38. The van der Waals surface area contributed by atoms with Gasteiger partial charge in [-0.3, -0.25) is 14.2 Å². The Balaban J connectivity index is 1.89. The molecule has 2 heterocycles. The Morgan fingerprint density at radius 2 is 2.00 bits per heavy atom. The number of hydrogen-bond donors (Lipinski definition) is 1. The summed E-state index contributed by atoms with van der Waals surface area (Å²) < 4.78 is 7.35. The molecule has 0 unspecified atom stereocenters. The lowest BCUT2D eigenvalue weighted by atomic mass is 10.4. The smallest absolute Gasteiger partial charge is 0.241 e. The van der Waals surface area contributed by atoms with Gasteiger partial charge in [-0.25, -0.2) is 0 Å². The first kappa shape index (κ1) is 18.5. The first-order valence-electron chi connectivity index (χ1n) is 7.88. The number of anilines is 1. The van der Waals surface area contributed by atoms with Crippen molar-refractivity contribution < 1.29 is 14.3 Å². The summed E-state index contributed by atoms with van der Waals surface area (Å²) in [5, 5.41) is 11.8. The maximum absolute atomic E-state index is 11.9. The Labute approximate surface area is 145 Å². The Hall–Kier alpha value is -1.81. The number of nitrogens with one attached hydrogen (secondary N) is 1. The predicted molar refractivity (Wildman–Crippen MR) is 91.2 cm³/mol. The molecule has 1 aliphatic heterocycles. The minimum Gasteiger partial charge on any atom is -0.378 e. The fourth-order valence-corrected chi connectivity index (χ4v) is 3.00. The number of morpholine rings is 1. The molecule has 1 fully saturated rings. The fraction of sp³-hybridized carbons (Fsp3) is 0.714. The van der Waals surface area contributed by atoms with Gasteiger partial charge in [-0.2, -0.15) is 0 Å². The number of hydrogen-bond acceptors (Lipinski definition) is 7. The maximum atomic E-state index is 11.9. The number of aromatic nitrogens is 3. The average molecular weight is 356 g/mol. The van der Waals surface area contributed by atoms with Crippen molar-refractivity contribution >= 4 is 29.5 Å². The van der Waals surface area contributed by atoms with Crippen LogP contribution in [0.25, 0.3) is 0 Å². The number of likely N-dealkylation sites (N-methyl/N-ethyl adjacent to an activating group) is 1. The molecular weight excluding hydrogens is 332 g/mol. The van der Waals surface area contributed by atoms with Gasteiger partial charge in [0, 0.05) is 33.7 Å². The van der Waals surface area contributed by atoms with E-state index in [9.17, 15) is 9.59 Å². The Morgan fingerprint density at radius 1 is 1.29 bits per heavy atom. The van der Waals surface area contributed by atoms with Crippen LogP contribution in [-0.4, -0.2) is 84.2 Å². The molecule has 9 nitrogen and oxygen atoms in total. The van der Waals surface area contributed by atoms with Gasteiger partial charge >= 0.3 is 0 Å². The highest BCUT2D eigenvalue weighted by Crippen LogP contribution is 2.22. The number of carbonyl (C=O) groups is 2. The van der Waals surface area contributed by atoms with Gasteiger partial charge in [0.15, 0.2) is 5.16 Å². The molecule has 1 aromatic rings. The van der Waals surface area contributed by atoms with Crippen molar-refractivity contribution in [2.24, 2.45) is 0 Å². The van der Waals surface area contributed by atoms with Crippen molar-refractivity contribution in [1.82, 2.24) is 25.0 Å². The molecule has 24 heavy (non-hydrogen) atoms. The van der Waals surface area contributed by atoms with Crippen LogP contribution in [0, 0.1) is 0 Å². The molecule has 1 aromatic heterocycles. The zero-order valence-corrected chi connectivity index (χ0v) is 15.1. The molecule has 0 atom stereocenters. The van der Waals surface area contributed by atoms with E-state index >= 15 is 0 Å². The van der Waals surface area contributed by atoms with E-state index in [0.29, 0.717) is 18.4 Å². The summed E-state index contributed by atoms with van der Waals surface area (Å²) in [7, 11) is 3.31. The number of thioether (sulfide) groups is 1. The van der Waals surface area contributed by atoms with Crippen LogP contribution >= 0.6 is 11.8 Å². The number of ether oxygens (including phenoxy) is 1. The quantitative estimate of drug-likeness (QED) is 0.654. The second kappa shape index (κ2) is 8.88. The first-order chi connectivity index (χ1) is 11.5. The van der Waals surface area contributed by atoms with E-state index in [2.05, 4.69) is 20.4 Å². The van der Waals surface area contributed by atoms with Gasteiger partial charge in [0.1, 0.15) is 0 Å². The molecule has 0 spiro atoms. The van der Waals surface area contributed by atoms with Crippen molar-refractivity contribution in [2.45, 2.75) is 18.6 Å². The van der Waals surface area contributed by atoms with Gasteiger partial charge in [0.2, 0.25) is 17.8 Å². The van der Waals surface area contributed by atoms with Crippen molar-refractivity contribution in [3.8, 4) is 0 Å². The van der Waals surface area contributed by atoms with Gasteiger partial charge in [-0.05, 0) is 6.92 Å². The highest BCUT2D eigenvalue weighted by atomic mass is 32.2. The summed E-state index contributed by atoms with van der Waals surface area (Å²) in [6, 6.07) is 0. The lowest BCUT2D eigenvalue weighted by molar-refractivity contribution is -0.130. The van der Waals surface area contributed by atoms with Crippen LogP contribution in [0.5, 0.6) is 0 Å². The fourth-order valence-electron chi connectivity index (χ4n) is 2.18. The molecule has 1 N–H and O–H groups in total. The molecule has 2 rings (SSSR count). The Bertz CT molecular complexity index is 571. The second-order valence-corrected chi connectivity index (χ2v) is 6.42. The van der Waals surface area contributed by atoms with Gasteiger partial charge in [-0.15, -0.1) is 10.2 Å². The van der Waals surface area contributed by atoms with E-state index in [0.717, 1.165) is 25.6 Å². The molecule has 2 amide bonds. The Kier molecular flexibility index (Phi) is 6.85. The summed E-state index contributed by atoms with van der Waals surface area (Å²) in [4.78, 5) is 26.9. The van der Waals surface area contributed by atoms with Gasteiger partial charge in [0.05, 0.1) is 25.5 Å². The van der Waals surface area contributed by atoms with E-state index in [1.165, 1.54) is 16.7 Å². The van der Waals surface area contributed by atoms with Gasteiger partial charge in [-0.1, -0.05) is 11.8 Å². The molecule has 0 saturated carbocycles. The van der Waals surface area contributed by atoms with E-state index in [1.807, 2.05) is 11.5 Å². The maximum Gasteiger partial charge on any atom is 0.241 e. The molecule has 10 heteroatoms. The number of carbonyl (C=O) groups excluding carboxylic acids is 2. The molecule has 134 valence electrons. The topological polar surface area (TPSA) is 92.6 Å². The van der Waals surface area contributed by atoms with Crippen molar-refractivity contribution in [2.75, 3.05) is 57.6 Å². The monoisotopic (exact) mass is 356 g/mol.